The molecule has 0 aliphatic rings. The van der Waals surface area contributed by atoms with Crippen molar-refractivity contribution in [1.29, 1.82) is 0 Å². The Morgan fingerprint density at radius 2 is 1.91 bits per heavy atom. The van der Waals surface area contributed by atoms with Crippen LogP contribution in [0.15, 0.2) is 30.3 Å². The highest BCUT2D eigenvalue weighted by Crippen LogP contribution is 2.21. The van der Waals surface area contributed by atoms with Gasteiger partial charge in [0.15, 0.2) is 5.78 Å². The van der Waals surface area contributed by atoms with Crippen molar-refractivity contribution in [2.45, 2.75) is 26.3 Å². The molecule has 0 aliphatic carbocycles. The number of benzene rings is 1. The molecular formula is C16H17ClN2O3. The maximum Gasteiger partial charge on any atom is 0.305 e. The van der Waals surface area contributed by atoms with E-state index in [4.69, 9.17) is 11.6 Å². The molecule has 0 bridgehead atoms. The summed E-state index contributed by atoms with van der Waals surface area (Å²) in [4.78, 5) is 22.9. The molecule has 2 aromatic rings. The number of ketones is 1. The molecule has 0 fully saturated rings. The van der Waals surface area contributed by atoms with Gasteiger partial charge in [-0.05, 0) is 25.1 Å². The summed E-state index contributed by atoms with van der Waals surface area (Å²) in [5, 5.41) is 5.10. The molecule has 6 heteroatoms. The number of carbonyl (C=O) groups is 2. The van der Waals surface area contributed by atoms with Gasteiger partial charge in [0, 0.05) is 22.7 Å². The molecule has 0 spiro atoms. The van der Waals surface area contributed by atoms with Crippen molar-refractivity contribution in [3.05, 3.63) is 41.0 Å². The Labute approximate surface area is 133 Å². The van der Waals surface area contributed by atoms with Gasteiger partial charge in [0.05, 0.1) is 25.8 Å². The van der Waals surface area contributed by atoms with Crippen LogP contribution >= 0.6 is 11.6 Å². The second-order valence-corrected chi connectivity index (χ2v) is 5.39. The molecule has 0 N–H and O–H groups in total. The number of hydrogen-bond acceptors (Lipinski definition) is 4. The minimum absolute atomic E-state index is 0.0562. The molecule has 0 saturated heterocycles. The monoisotopic (exact) mass is 320 g/mol. The molecule has 0 aliphatic heterocycles. The summed E-state index contributed by atoms with van der Waals surface area (Å²) in [7, 11) is 1.31. The summed E-state index contributed by atoms with van der Waals surface area (Å²) in [6.45, 7) is 2.04. The molecule has 1 aromatic carbocycles. The average molecular weight is 321 g/mol. The SMILES string of the molecule is COC(=O)CCC(=O)Cn1nc(-c2ccc(Cl)cc2)cc1C. The van der Waals surface area contributed by atoms with Crippen LogP contribution < -0.4 is 0 Å². The van der Waals surface area contributed by atoms with E-state index >= 15 is 0 Å². The van der Waals surface area contributed by atoms with Crippen LogP contribution in [0.2, 0.25) is 5.02 Å². The summed E-state index contributed by atoms with van der Waals surface area (Å²) in [5.41, 5.74) is 2.61. The van der Waals surface area contributed by atoms with Crippen LogP contribution in [0.5, 0.6) is 0 Å². The number of methoxy groups -OCH3 is 1. The molecule has 5 nitrogen and oxygen atoms in total. The minimum Gasteiger partial charge on any atom is -0.469 e. The van der Waals surface area contributed by atoms with Gasteiger partial charge in [-0.3, -0.25) is 14.3 Å². The van der Waals surface area contributed by atoms with Crippen molar-refractivity contribution in [2.24, 2.45) is 0 Å². The minimum atomic E-state index is -0.382. The molecular weight excluding hydrogens is 304 g/mol. The molecule has 22 heavy (non-hydrogen) atoms. The van der Waals surface area contributed by atoms with Crippen LogP contribution in [0.1, 0.15) is 18.5 Å². The van der Waals surface area contributed by atoms with Gasteiger partial charge in [-0.25, -0.2) is 0 Å². The smallest absolute Gasteiger partial charge is 0.305 e. The van der Waals surface area contributed by atoms with Gasteiger partial charge in [-0.15, -0.1) is 0 Å². The standard InChI is InChI=1S/C16H17ClN2O3/c1-11-9-15(12-3-5-13(17)6-4-12)18-19(11)10-14(20)7-8-16(21)22-2/h3-6,9H,7-8,10H2,1-2H3. The first-order valence-electron chi connectivity index (χ1n) is 6.88. The molecule has 0 radical (unpaired) electrons. The Hall–Kier alpha value is -2.14. The summed E-state index contributed by atoms with van der Waals surface area (Å²) >= 11 is 5.87. The van der Waals surface area contributed by atoms with Crippen LogP contribution in [0.25, 0.3) is 11.3 Å². The lowest BCUT2D eigenvalue weighted by molar-refractivity contribution is -0.142. The van der Waals surface area contributed by atoms with Crippen LogP contribution in [0.3, 0.4) is 0 Å². The van der Waals surface area contributed by atoms with Crippen molar-refractivity contribution in [3.8, 4) is 11.3 Å². The van der Waals surface area contributed by atoms with E-state index in [2.05, 4.69) is 9.84 Å². The topological polar surface area (TPSA) is 61.2 Å². The molecule has 0 saturated carbocycles. The normalized spacial score (nSPS) is 10.5. The van der Waals surface area contributed by atoms with Gasteiger partial charge >= 0.3 is 5.97 Å². The fourth-order valence-electron chi connectivity index (χ4n) is 2.02. The number of aryl methyl sites for hydroxylation is 1. The summed E-state index contributed by atoms with van der Waals surface area (Å²) in [5.74, 6) is -0.438. The van der Waals surface area contributed by atoms with Crippen LogP contribution in [-0.4, -0.2) is 28.6 Å². The van der Waals surface area contributed by atoms with Crippen molar-refractivity contribution in [3.63, 3.8) is 0 Å². The lowest BCUT2D eigenvalue weighted by atomic mass is 10.1. The van der Waals surface area contributed by atoms with Gasteiger partial charge in [-0.2, -0.15) is 5.10 Å². The van der Waals surface area contributed by atoms with E-state index in [1.165, 1.54) is 7.11 Å². The first-order chi connectivity index (χ1) is 10.5. The lowest BCUT2D eigenvalue weighted by Crippen LogP contribution is -2.14. The first-order valence-corrected chi connectivity index (χ1v) is 7.26. The predicted octanol–water partition coefficient (Wildman–Crippen LogP) is 3.03. The summed E-state index contributed by atoms with van der Waals surface area (Å²) in [6.07, 6.45) is 0.252. The zero-order chi connectivity index (χ0) is 16.1. The summed E-state index contributed by atoms with van der Waals surface area (Å²) < 4.78 is 6.16. The molecule has 1 aromatic heterocycles. The van der Waals surface area contributed by atoms with Crippen LogP contribution in [0.4, 0.5) is 0 Å². The third-order valence-electron chi connectivity index (χ3n) is 3.28. The number of nitrogens with zero attached hydrogens (tertiary/aromatic N) is 2. The van der Waals surface area contributed by atoms with Crippen molar-refractivity contribution < 1.29 is 14.3 Å². The van der Waals surface area contributed by atoms with Crippen molar-refractivity contribution >= 4 is 23.4 Å². The van der Waals surface area contributed by atoms with Gasteiger partial charge in [0.2, 0.25) is 0 Å². The Morgan fingerprint density at radius 3 is 2.55 bits per heavy atom. The third-order valence-corrected chi connectivity index (χ3v) is 3.53. The maximum atomic E-state index is 11.9. The quantitative estimate of drug-likeness (QED) is 0.768. The zero-order valence-corrected chi connectivity index (χ0v) is 13.3. The Morgan fingerprint density at radius 1 is 1.23 bits per heavy atom. The Kier molecular flexibility index (Phi) is 5.33. The average Bonchev–Trinajstić information content (AvgIpc) is 2.86. The van der Waals surface area contributed by atoms with Gasteiger partial charge in [0.25, 0.3) is 0 Å². The second-order valence-electron chi connectivity index (χ2n) is 4.95. The zero-order valence-electron chi connectivity index (χ0n) is 12.5. The van der Waals surface area contributed by atoms with E-state index in [1.54, 1.807) is 16.8 Å². The third kappa shape index (κ3) is 4.18. The van der Waals surface area contributed by atoms with E-state index < -0.39 is 0 Å². The highest BCUT2D eigenvalue weighted by molar-refractivity contribution is 6.30. The first kappa shape index (κ1) is 16.2. The molecule has 116 valence electrons. The van der Waals surface area contributed by atoms with E-state index in [1.807, 2.05) is 25.1 Å². The molecule has 2 rings (SSSR count). The molecule has 0 unspecified atom stereocenters. The fraction of sp³-hybridized carbons (Fsp3) is 0.312. The van der Waals surface area contributed by atoms with Crippen LogP contribution in [-0.2, 0) is 20.9 Å². The van der Waals surface area contributed by atoms with Crippen LogP contribution in [0, 0.1) is 6.92 Å². The largest absolute Gasteiger partial charge is 0.469 e. The van der Waals surface area contributed by atoms with Crippen molar-refractivity contribution in [2.75, 3.05) is 7.11 Å². The van der Waals surface area contributed by atoms with E-state index in [-0.39, 0.29) is 31.1 Å². The second kappa shape index (κ2) is 7.22. The van der Waals surface area contributed by atoms with E-state index in [9.17, 15) is 9.59 Å². The predicted molar refractivity (Wildman–Crippen MR) is 83.7 cm³/mol. The number of halogens is 1. The molecule has 0 atom stereocenters. The Bertz CT molecular complexity index is 677. The number of carbonyl (C=O) groups excluding carboxylic acids is 2. The van der Waals surface area contributed by atoms with Gasteiger partial charge in [0.1, 0.15) is 0 Å². The fourth-order valence-corrected chi connectivity index (χ4v) is 2.15. The van der Waals surface area contributed by atoms with E-state index in [0.29, 0.717) is 5.02 Å². The van der Waals surface area contributed by atoms with Gasteiger partial charge in [-0.1, -0.05) is 23.7 Å². The highest BCUT2D eigenvalue weighted by Gasteiger charge is 2.12. The van der Waals surface area contributed by atoms with Crippen molar-refractivity contribution in [1.82, 2.24) is 9.78 Å². The lowest BCUT2D eigenvalue weighted by Gasteiger charge is -2.03. The summed E-state index contributed by atoms with van der Waals surface area (Å²) in [6, 6.07) is 9.28. The number of aromatic nitrogens is 2. The number of ether oxygens (including phenoxy) is 1. The number of rotatable bonds is 6. The van der Waals surface area contributed by atoms with Gasteiger partial charge < -0.3 is 4.74 Å². The molecule has 0 amide bonds. The maximum absolute atomic E-state index is 11.9. The number of esters is 1. The highest BCUT2D eigenvalue weighted by atomic mass is 35.5. The number of hydrogen-bond donors (Lipinski definition) is 0. The Balaban J connectivity index is 2.05. The molecule has 1 heterocycles. The number of Topliss-reactive ketones (excluding diaryl/α,β-unsaturated/α-hetero) is 1. The van der Waals surface area contributed by atoms with E-state index in [0.717, 1.165) is 17.0 Å².